The van der Waals surface area contributed by atoms with E-state index in [1.165, 1.54) is 12.8 Å². The Morgan fingerprint density at radius 2 is 1.42 bits per heavy atom. The van der Waals surface area contributed by atoms with Crippen LogP contribution in [-0.4, -0.2) is 0 Å². The number of rotatable bonds is 1. The molecule has 0 bridgehead atoms. The van der Waals surface area contributed by atoms with E-state index in [0.717, 1.165) is 29.6 Å². The van der Waals surface area contributed by atoms with Crippen molar-refractivity contribution in [3.63, 3.8) is 0 Å². The van der Waals surface area contributed by atoms with E-state index in [2.05, 4.69) is 20.8 Å². The smallest absolute Gasteiger partial charge is 0.0380 e. The minimum atomic E-state index is 0.936. The van der Waals surface area contributed by atoms with Gasteiger partial charge in [0.1, 0.15) is 0 Å². The molecule has 0 N–H and O–H groups in total. The second-order valence-electron chi connectivity index (χ2n) is 5.57. The molecule has 2 aliphatic rings. The molecule has 0 amide bonds. The van der Waals surface area contributed by atoms with Crippen molar-refractivity contribution < 1.29 is 0 Å². The molecule has 2 aliphatic carbocycles. The van der Waals surface area contributed by atoms with Gasteiger partial charge >= 0.3 is 0 Å². The molecule has 0 aromatic heterocycles. The Balaban J connectivity index is 1.93. The van der Waals surface area contributed by atoms with E-state index in [1.54, 1.807) is 12.8 Å². The van der Waals surface area contributed by atoms with E-state index in [9.17, 15) is 0 Å². The SMILES string of the molecule is CC1C[C@@H]2CC(C(C)C)C[C@@H]2C1. The van der Waals surface area contributed by atoms with Crippen LogP contribution in [0.15, 0.2) is 0 Å². The van der Waals surface area contributed by atoms with Crippen molar-refractivity contribution in [1.29, 1.82) is 0 Å². The van der Waals surface area contributed by atoms with Crippen molar-refractivity contribution in [2.24, 2.45) is 29.6 Å². The molecule has 4 atom stereocenters. The molecule has 0 heteroatoms. The zero-order chi connectivity index (χ0) is 8.72. The van der Waals surface area contributed by atoms with Crippen molar-refractivity contribution in [3.05, 3.63) is 0 Å². The molecule has 0 nitrogen and oxygen atoms in total. The van der Waals surface area contributed by atoms with E-state index in [-0.39, 0.29) is 0 Å². The summed E-state index contributed by atoms with van der Waals surface area (Å²) in [5, 5.41) is 0. The Hall–Kier alpha value is 0. The first kappa shape index (κ1) is 8.59. The molecule has 2 fully saturated rings. The van der Waals surface area contributed by atoms with Gasteiger partial charge in [-0.3, -0.25) is 0 Å². The normalized spacial score (nSPS) is 47.0. The summed E-state index contributed by atoms with van der Waals surface area (Å²) in [6.45, 7) is 7.23. The standard InChI is InChI=1S/C12H22/c1-8(2)10-6-11-4-9(3)5-12(11)7-10/h8-12H,4-7H2,1-3H3/t9?,10?,11-,12+. The fourth-order valence-corrected chi connectivity index (χ4v) is 3.51. The molecule has 2 unspecified atom stereocenters. The highest BCUT2D eigenvalue weighted by molar-refractivity contribution is 4.91. The van der Waals surface area contributed by atoms with Gasteiger partial charge in [0, 0.05) is 0 Å². The van der Waals surface area contributed by atoms with Gasteiger partial charge in [0.2, 0.25) is 0 Å². The third-order valence-corrected chi connectivity index (χ3v) is 4.23. The monoisotopic (exact) mass is 166 g/mol. The van der Waals surface area contributed by atoms with Crippen molar-refractivity contribution in [2.45, 2.75) is 46.5 Å². The predicted octanol–water partition coefficient (Wildman–Crippen LogP) is 3.71. The van der Waals surface area contributed by atoms with Crippen molar-refractivity contribution >= 4 is 0 Å². The molecule has 70 valence electrons. The van der Waals surface area contributed by atoms with Crippen LogP contribution in [-0.2, 0) is 0 Å². The molecule has 0 aliphatic heterocycles. The fraction of sp³-hybridized carbons (Fsp3) is 1.00. The Morgan fingerprint density at radius 1 is 0.917 bits per heavy atom. The van der Waals surface area contributed by atoms with Crippen LogP contribution in [0.2, 0.25) is 0 Å². The van der Waals surface area contributed by atoms with Gasteiger partial charge in [0.25, 0.3) is 0 Å². The maximum Gasteiger partial charge on any atom is -0.0380 e. The van der Waals surface area contributed by atoms with Crippen LogP contribution >= 0.6 is 0 Å². The molecule has 12 heavy (non-hydrogen) atoms. The molecule has 2 rings (SSSR count). The first-order valence-electron chi connectivity index (χ1n) is 5.66. The van der Waals surface area contributed by atoms with Crippen LogP contribution in [0.3, 0.4) is 0 Å². The van der Waals surface area contributed by atoms with E-state index >= 15 is 0 Å². The largest absolute Gasteiger partial charge is 0.0625 e. The summed E-state index contributed by atoms with van der Waals surface area (Å²) in [6.07, 6.45) is 6.17. The van der Waals surface area contributed by atoms with Crippen LogP contribution < -0.4 is 0 Å². The van der Waals surface area contributed by atoms with Crippen molar-refractivity contribution in [2.75, 3.05) is 0 Å². The molecular weight excluding hydrogens is 144 g/mol. The van der Waals surface area contributed by atoms with Gasteiger partial charge < -0.3 is 0 Å². The minimum absolute atomic E-state index is 0.936. The molecule has 0 aromatic carbocycles. The summed E-state index contributed by atoms with van der Waals surface area (Å²) in [7, 11) is 0. The maximum atomic E-state index is 2.43. The van der Waals surface area contributed by atoms with Gasteiger partial charge in [-0.15, -0.1) is 0 Å². The summed E-state index contributed by atoms with van der Waals surface area (Å²) in [5.41, 5.74) is 0. The highest BCUT2D eigenvalue weighted by atomic mass is 14.5. The maximum absolute atomic E-state index is 2.43. The van der Waals surface area contributed by atoms with Crippen LogP contribution in [0.25, 0.3) is 0 Å². The summed E-state index contributed by atoms with van der Waals surface area (Å²) in [5.74, 6) is 5.27. The van der Waals surface area contributed by atoms with E-state index in [4.69, 9.17) is 0 Å². The van der Waals surface area contributed by atoms with Crippen molar-refractivity contribution in [3.8, 4) is 0 Å². The van der Waals surface area contributed by atoms with Crippen LogP contribution in [0.4, 0.5) is 0 Å². The second kappa shape index (κ2) is 3.05. The van der Waals surface area contributed by atoms with Gasteiger partial charge in [-0.2, -0.15) is 0 Å². The molecule has 0 radical (unpaired) electrons. The molecule has 0 heterocycles. The summed E-state index contributed by atoms with van der Waals surface area (Å²) < 4.78 is 0. The van der Waals surface area contributed by atoms with Crippen LogP contribution in [0, 0.1) is 29.6 Å². The molecule has 0 saturated heterocycles. The Kier molecular flexibility index (Phi) is 2.18. The van der Waals surface area contributed by atoms with Crippen molar-refractivity contribution in [1.82, 2.24) is 0 Å². The number of hydrogen-bond acceptors (Lipinski definition) is 0. The average Bonchev–Trinajstić information content (AvgIpc) is 2.42. The lowest BCUT2D eigenvalue weighted by atomic mass is 9.90. The average molecular weight is 166 g/mol. The third-order valence-electron chi connectivity index (χ3n) is 4.23. The lowest BCUT2D eigenvalue weighted by Gasteiger charge is -2.15. The highest BCUT2D eigenvalue weighted by Crippen LogP contribution is 2.50. The van der Waals surface area contributed by atoms with E-state index < -0.39 is 0 Å². The lowest BCUT2D eigenvalue weighted by Crippen LogP contribution is -2.05. The first-order valence-corrected chi connectivity index (χ1v) is 5.66. The van der Waals surface area contributed by atoms with E-state index in [0.29, 0.717) is 0 Å². The van der Waals surface area contributed by atoms with Gasteiger partial charge in [-0.1, -0.05) is 20.8 Å². The second-order valence-corrected chi connectivity index (χ2v) is 5.57. The zero-order valence-electron chi connectivity index (χ0n) is 8.72. The molecule has 0 spiro atoms. The number of fused-ring (bicyclic) bond motifs is 1. The Labute approximate surface area is 76.7 Å². The highest BCUT2D eigenvalue weighted by Gasteiger charge is 2.40. The zero-order valence-corrected chi connectivity index (χ0v) is 8.72. The van der Waals surface area contributed by atoms with Gasteiger partial charge in [0.05, 0.1) is 0 Å². The lowest BCUT2D eigenvalue weighted by molar-refractivity contribution is 0.353. The van der Waals surface area contributed by atoms with Gasteiger partial charge in [-0.05, 0) is 55.3 Å². The minimum Gasteiger partial charge on any atom is -0.0625 e. The Morgan fingerprint density at radius 3 is 1.83 bits per heavy atom. The van der Waals surface area contributed by atoms with Gasteiger partial charge in [0.15, 0.2) is 0 Å². The third kappa shape index (κ3) is 1.41. The fourth-order valence-electron chi connectivity index (χ4n) is 3.51. The predicted molar refractivity (Wildman–Crippen MR) is 52.9 cm³/mol. The topological polar surface area (TPSA) is 0 Å². The molecule has 0 aromatic rings. The van der Waals surface area contributed by atoms with E-state index in [1.807, 2.05) is 0 Å². The Bertz CT molecular complexity index is 145. The molecular formula is C12H22. The summed E-state index contributed by atoms with van der Waals surface area (Å²) in [4.78, 5) is 0. The van der Waals surface area contributed by atoms with Crippen LogP contribution in [0.1, 0.15) is 46.5 Å². The summed E-state index contributed by atoms with van der Waals surface area (Å²) >= 11 is 0. The van der Waals surface area contributed by atoms with Crippen LogP contribution in [0.5, 0.6) is 0 Å². The molecule has 2 saturated carbocycles. The van der Waals surface area contributed by atoms with Gasteiger partial charge in [-0.25, -0.2) is 0 Å². The number of hydrogen-bond donors (Lipinski definition) is 0. The summed E-state index contributed by atoms with van der Waals surface area (Å²) in [6, 6.07) is 0. The quantitative estimate of drug-likeness (QED) is 0.557. The first-order chi connectivity index (χ1) is 5.66.